The van der Waals surface area contributed by atoms with E-state index >= 15 is 0 Å². The molecule has 1 heterocycles. The molecule has 106 valence electrons. The van der Waals surface area contributed by atoms with Crippen LogP contribution in [-0.2, 0) is 14.9 Å². The molecule has 0 N–H and O–H groups in total. The van der Waals surface area contributed by atoms with Crippen molar-refractivity contribution in [2.24, 2.45) is 0 Å². The van der Waals surface area contributed by atoms with Crippen molar-refractivity contribution < 1.29 is 14.3 Å². The van der Waals surface area contributed by atoms with Crippen molar-refractivity contribution in [1.29, 1.82) is 0 Å². The maximum absolute atomic E-state index is 11.2. The van der Waals surface area contributed by atoms with Gasteiger partial charge in [-0.25, -0.2) is 4.98 Å². The Morgan fingerprint density at radius 1 is 1.32 bits per heavy atom. The summed E-state index contributed by atoms with van der Waals surface area (Å²) in [7, 11) is 1.52. The first-order valence-corrected chi connectivity index (χ1v) is 6.53. The van der Waals surface area contributed by atoms with Gasteiger partial charge in [-0.3, -0.25) is 4.79 Å². The molecule has 0 atom stereocenters. The number of carbonyl (C=O) groups is 1. The van der Waals surface area contributed by atoms with Gasteiger partial charge >= 0.3 is 0 Å². The van der Waals surface area contributed by atoms with Crippen LogP contribution in [0, 0.1) is 0 Å². The summed E-state index contributed by atoms with van der Waals surface area (Å²) < 4.78 is 10.3. The van der Waals surface area contributed by atoms with Crippen LogP contribution in [-0.4, -0.2) is 31.1 Å². The number of carbonyl (C=O) groups excluding carboxylic acids is 1. The third-order valence-electron chi connectivity index (χ3n) is 2.76. The smallest absolute Gasteiger partial charge is 0.213 e. The van der Waals surface area contributed by atoms with Crippen molar-refractivity contribution in [3.8, 4) is 5.88 Å². The molecule has 0 unspecified atom stereocenters. The molecule has 0 saturated heterocycles. The van der Waals surface area contributed by atoms with E-state index in [2.05, 4.69) is 25.8 Å². The van der Waals surface area contributed by atoms with E-state index in [1.165, 1.54) is 12.7 Å². The van der Waals surface area contributed by atoms with E-state index in [0.717, 1.165) is 0 Å². The Hall–Kier alpha value is -1.42. The Kier molecular flexibility index (Phi) is 5.96. The van der Waals surface area contributed by atoms with Crippen LogP contribution in [0.2, 0.25) is 0 Å². The summed E-state index contributed by atoms with van der Waals surface area (Å²) in [5.41, 5.74) is 1.27. The quantitative estimate of drug-likeness (QED) is 0.711. The molecule has 0 saturated carbocycles. The Labute approximate surface area is 115 Å². The fourth-order valence-corrected chi connectivity index (χ4v) is 1.59. The Balaban J connectivity index is 2.33. The normalized spacial score (nSPS) is 11.4. The first-order valence-electron chi connectivity index (χ1n) is 6.53. The van der Waals surface area contributed by atoms with Crippen LogP contribution in [0.4, 0.5) is 0 Å². The molecular weight excluding hydrogens is 242 g/mol. The summed E-state index contributed by atoms with van der Waals surface area (Å²) in [5, 5.41) is 0. The molecule has 0 aliphatic carbocycles. The standard InChI is InChI=1S/C15H23NO3/c1-15(2,3)12-7-8-14(16-10-12)19-9-5-6-13(17)11-18-4/h7-8,10H,5-6,9,11H2,1-4H3. The zero-order valence-corrected chi connectivity index (χ0v) is 12.2. The number of aromatic nitrogens is 1. The van der Waals surface area contributed by atoms with Crippen LogP contribution in [0.3, 0.4) is 0 Å². The van der Waals surface area contributed by atoms with Crippen LogP contribution in [0.5, 0.6) is 5.88 Å². The number of rotatable bonds is 7. The molecule has 19 heavy (non-hydrogen) atoms. The van der Waals surface area contributed by atoms with Gasteiger partial charge in [0.1, 0.15) is 6.61 Å². The van der Waals surface area contributed by atoms with E-state index in [1.807, 2.05) is 18.3 Å². The van der Waals surface area contributed by atoms with Crippen LogP contribution >= 0.6 is 0 Å². The molecule has 4 heteroatoms. The van der Waals surface area contributed by atoms with E-state index in [4.69, 9.17) is 9.47 Å². The first kappa shape index (κ1) is 15.6. The molecule has 0 fully saturated rings. The lowest BCUT2D eigenvalue weighted by molar-refractivity contribution is -0.122. The van der Waals surface area contributed by atoms with Gasteiger partial charge in [-0.2, -0.15) is 0 Å². The van der Waals surface area contributed by atoms with Crippen molar-refractivity contribution in [3.05, 3.63) is 23.9 Å². The average molecular weight is 265 g/mol. The zero-order valence-electron chi connectivity index (χ0n) is 12.2. The second kappa shape index (κ2) is 7.24. The molecule has 4 nitrogen and oxygen atoms in total. The topological polar surface area (TPSA) is 48.4 Å². The van der Waals surface area contributed by atoms with Crippen molar-refractivity contribution in [2.45, 2.75) is 39.0 Å². The summed E-state index contributed by atoms with van der Waals surface area (Å²) >= 11 is 0. The van der Waals surface area contributed by atoms with E-state index in [0.29, 0.717) is 25.3 Å². The SMILES string of the molecule is COCC(=O)CCCOc1ccc(C(C)(C)C)cn1. The number of ketones is 1. The van der Waals surface area contributed by atoms with Crippen LogP contribution in [0.1, 0.15) is 39.2 Å². The predicted octanol–water partition coefficient (Wildman–Crippen LogP) is 2.75. The second-order valence-corrected chi connectivity index (χ2v) is 5.56. The highest BCUT2D eigenvalue weighted by atomic mass is 16.5. The third kappa shape index (κ3) is 5.83. The lowest BCUT2D eigenvalue weighted by Gasteiger charge is -2.18. The van der Waals surface area contributed by atoms with E-state index < -0.39 is 0 Å². The number of nitrogens with zero attached hydrogens (tertiary/aromatic N) is 1. The van der Waals surface area contributed by atoms with Gasteiger partial charge in [-0.05, 0) is 17.4 Å². The van der Waals surface area contributed by atoms with E-state index in [1.54, 1.807) is 0 Å². The van der Waals surface area contributed by atoms with Gasteiger partial charge < -0.3 is 9.47 Å². The largest absolute Gasteiger partial charge is 0.478 e. The van der Waals surface area contributed by atoms with Gasteiger partial charge in [0.15, 0.2) is 5.78 Å². The maximum atomic E-state index is 11.2. The van der Waals surface area contributed by atoms with Gasteiger partial charge in [0, 0.05) is 25.8 Å². The number of hydrogen-bond acceptors (Lipinski definition) is 4. The van der Waals surface area contributed by atoms with E-state index in [9.17, 15) is 4.79 Å². The third-order valence-corrected chi connectivity index (χ3v) is 2.76. The minimum absolute atomic E-state index is 0.0953. The number of ether oxygens (including phenoxy) is 2. The summed E-state index contributed by atoms with van der Waals surface area (Å²) in [6.07, 6.45) is 3.00. The predicted molar refractivity (Wildman–Crippen MR) is 74.5 cm³/mol. The molecule has 0 aromatic carbocycles. The molecule has 1 aromatic rings. The summed E-state index contributed by atoms with van der Waals surface area (Å²) in [4.78, 5) is 15.5. The van der Waals surface area contributed by atoms with Crippen molar-refractivity contribution in [2.75, 3.05) is 20.3 Å². The first-order chi connectivity index (χ1) is 8.93. The fraction of sp³-hybridized carbons (Fsp3) is 0.600. The molecule has 0 aliphatic rings. The van der Waals surface area contributed by atoms with Crippen LogP contribution < -0.4 is 4.74 Å². The lowest BCUT2D eigenvalue weighted by atomic mass is 9.88. The van der Waals surface area contributed by atoms with Crippen molar-refractivity contribution >= 4 is 5.78 Å². The molecule has 1 aromatic heterocycles. The van der Waals surface area contributed by atoms with Gasteiger partial charge in [-0.15, -0.1) is 0 Å². The molecule has 1 rings (SSSR count). The summed E-state index contributed by atoms with van der Waals surface area (Å²) in [6.45, 7) is 7.11. The molecule has 0 amide bonds. The van der Waals surface area contributed by atoms with Gasteiger partial charge in [0.05, 0.1) is 6.61 Å². The molecule has 0 aliphatic heterocycles. The molecular formula is C15H23NO3. The monoisotopic (exact) mass is 265 g/mol. The maximum Gasteiger partial charge on any atom is 0.213 e. The van der Waals surface area contributed by atoms with Gasteiger partial charge in [0.25, 0.3) is 0 Å². The minimum atomic E-state index is 0.0953. The number of methoxy groups -OCH3 is 1. The van der Waals surface area contributed by atoms with Crippen LogP contribution in [0.25, 0.3) is 0 Å². The highest BCUT2D eigenvalue weighted by Gasteiger charge is 2.13. The van der Waals surface area contributed by atoms with Crippen LogP contribution in [0.15, 0.2) is 18.3 Å². The molecule has 0 bridgehead atoms. The fourth-order valence-electron chi connectivity index (χ4n) is 1.59. The van der Waals surface area contributed by atoms with Gasteiger partial charge in [-0.1, -0.05) is 26.8 Å². The minimum Gasteiger partial charge on any atom is -0.478 e. The Morgan fingerprint density at radius 2 is 2.05 bits per heavy atom. The Morgan fingerprint density at radius 3 is 2.58 bits per heavy atom. The number of Topliss-reactive ketones (excluding diaryl/α,β-unsaturated/α-hetero) is 1. The average Bonchev–Trinajstić information content (AvgIpc) is 2.34. The lowest BCUT2D eigenvalue weighted by Crippen LogP contribution is -2.12. The van der Waals surface area contributed by atoms with Crippen molar-refractivity contribution in [3.63, 3.8) is 0 Å². The van der Waals surface area contributed by atoms with E-state index in [-0.39, 0.29) is 17.8 Å². The highest BCUT2D eigenvalue weighted by Crippen LogP contribution is 2.22. The Bertz CT molecular complexity index is 393. The van der Waals surface area contributed by atoms with Crippen molar-refractivity contribution in [1.82, 2.24) is 4.98 Å². The summed E-state index contributed by atoms with van der Waals surface area (Å²) in [6, 6.07) is 3.90. The number of pyridine rings is 1. The zero-order chi connectivity index (χ0) is 14.3. The van der Waals surface area contributed by atoms with Gasteiger partial charge in [0.2, 0.25) is 5.88 Å². The highest BCUT2D eigenvalue weighted by molar-refractivity contribution is 5.79. The second-order valence-electron chi connectivity index (χ2n) is 5.56. The molecule has 0 radical (unpaired) electrons. The number of hydrogen-bond donors (Lipinski definition) is 0. The molecule has 0 spiro atoms. The summed E-state index contributed by atoms with van der Waals surface area (Å²) in [5.74, 6) is 0.703.